The van der Waals surface area contributed by atoms with Crippen molar-refractivity contribution < 1.29 is 9.59 Å². The average Bonchev–Trinajstić information content (AvgIpc) is 2.82. The normalized spacial score (nSPS) is 9.89. The standard InChI is InChI=1S/C10H17N7O2/c11-7(18)8-16-5-6(17-8)9(19)14-3-1-2-4-15-10(12)13/h5H,1-4H2,(H2,11,18)(H,14,19)(H,16,17)(H4,12,13,15). The van der Waals surface area contributed by atoms with E-state index >= 15 is 0 Å². The van der Waals surface area contributed by atoms with Gasteiger partial charge in [0.05, 0.1) is 6.20 Å². The number of hydrogen-bond acceptors (Lipinski definition) is 4. The van der Waals surface area contributed by atoms with Crippen molar-refractivity contribution in [2.75, 3.05) is 13.1 Å². The zero-order valence-corrected chi connectivity index (χ0v) is 10.3. The molecule has 0 radical (unpaired) electrons. The molecule has 1 rings (SSSR count). The van der Waals surface area contributed by atoms with Crippen LogP contribution in [0.15, 0.2) is 11.2 Å². The van der Waals surface area contributed by atoms with Gasteiger partial charge in [-0.2, -0.15) is 0 Å². The van der Waals surface area contributed by atoms with Gasteiger partial charge in [0.2, 0.25) is 0 Å². The van der Waals surface area contributed by atoms with Crippen molar-refractivity contribution >= 4 is 17.8 Å². The maximum absolute atomic E-state index is 11.6. The van der Waals surface area contributed by atoms with E-state index < -0.39 is 5.91 Å². The lowest BCUT2D eigenvalue weighted by Gasteiger charge is -2.02. The number of guanidine groups is 1. The van der Waals surface area contributed by atoms with Gasteiger partial charge < -0.3 is 27.5 Å². The first kappa shape index (κ1) is 14.5. The maximum atomic E-state index is 11.6. The minimum Gasteiger partial charge on any atom is -0.370 e. The molecule has 0 spiro atoms. The lowest BCUT2D eigenvalue weighted by molar-refractivity contribution is 0.0948. The van der Waals surface area contributed by atoms with E-state index in [1.807, 2.05) is 0 Å². The Bertz CT molecular complexity index is 476. The van der Waals surface area contributed by atoms with Crippen LogP contribution in [0.3, 0.4) is 0 Å². The van der Waals surface area contributed by atoms with Crippen LogP contribution >= 0.6 is 0 Å². The third kappa shape index (κ3) is 5.06. The van der Waals surface area contributed by atoms with Gasteiger partial charge in [0.25, 0.3) is 11.8 Å². The number of unbranched alkanes of at least 4 members (excludes halogenated alkanes) is 1. The molecule has 1 heterocycles. The Morgan fingerprint density at radius 1 is 1.32 bits per heavy atom. The van der Waals surface area contributed by atoms with Crippen LogP contribution in [0.4, 0.5) is 0 Å². The highest BCUT2D eigenvalue weighted by Gasteiger charge is 2.11. The zero-order valence-electron chi connectivity index (χ0n) is 10.3. The number of nitrogens with zero attached hydrogens (tertiary/aromatic N) is 2. The number of rotatable bonds is 7. The zero-order chi connectivity index (χ0) is 14.3. The van der Waals surface area contributed by atoms with Crippen molar-refractivity contribution in [1.82, 2.24) is 15.3 Å². The van der Waals surface area contributed by atoms with Gasteiger partial charge in [-0.25, -0.2) is 4.98 Å². The summed E-state index contributed by atoms with van der Waals surface area (Å²) in [6, 6.07) is 0. The summed E-state index contributed by atoms with van der Waals surface area (Å²) in [5.41, 5.74) is 15.5. The minimum atomic E-state index is -0.712. The molecule has 0 saturated carbocycles. The number of H-pyrrole nitrogens is 1. The number of nitrogens with two attached hydrogens (primary N) is 3. The van der Waals surface area contributed by atoms with Gasteiger partial charge in [0.1, 0.15) is 5.69 Å². The first-order valence-electron chi connectivity index (χ1n) is 5.69. The molecule has 104 valence electrons. The lowest BCUT2D eigenvalue weighted by Crippen LogP contribution is -2.25. The first-order valence-corrected chi connectivity index (χ1v) is 5.69. The van der Waals surface area contributed by atoms with Gasteiger partial charge in [-0.05, 0) is 12.8 Å². The highest BCUT2D eigenvalue weighted by atomic mass is 16.2. The van der Waals surface area contributed by atoms with Crippen molar-refractivity contribution in [3.8, 4) is 0 Å². The topological polar surface area (TPSA) is 165 Å². The Morgan fingerprint density at radius 2 is 2.05 bits per heavy atom. The van der Waals surface area contributed by atoms with Crippen molar-refractivity contribution in [3.63, 3.8) is 0 Å². The smallest absolute Gasteiger partial charge is 0.284 e. The molecule has 0 saturated heterocycles. The first-order chi connectivity index (χ1) is 9.00. The van der Waals surface area contributed by atoms with Gasteiger partial charge in [-0.3, -0.25) is 14.6 Å². The summed E-state index contributed by atoms with van der Waals surface area (Å²) in [4.78, 5) is 32.4. The Hall–Kier alpha value is -2.58. The van der Waals surface area contributed by atoms with Gasteiger partial charge in [0, 0.05) is 13.1 Å². The third-order valence-electron chi connectivity index (χ3n) is 2.22. The lowest BCUT2D eigenvalue weighted by atomic mass is 10.3. The fraction of sp³-hybridized carbons (Fsp3) is 0.400. The van der Waals surface area contributed by atoms with Crippen LogP contribution in [-0.2, 0) is 0 Å². The van der Waals surface area contributed by atoms with Crippen LogP contribution in [-0.4, -0.2) is 40.8 Å². The molecular formula is C10H17N7O2. The van der Waals surface area contributed by atoms with E-state index in [1.54, 1.807) is 0 Å². The molecule has 9 nitrogen and oxygen atoms in total. The van der Waals surface area contributed by atoms with Crippen LogP contribution < -0.4 is 22.5 Å². The number of hydrogen-bond donors (Lipinski definition) is 5. The molecule has 0 aromatic carbocycles. The highest BCUT2D eigenvalue weighted by Crippen LogP contribution is 1.97. The van der Waals surface area contributed by atoms with E-state index in [4.69, 9.17) is 17.2 Å². The molecule has 0 aliphatic carbocycles. The summed E-state index contributed by atoms with van der Waals surface area (Å²) in [5.74, 6) is -1.04. The number of aliphatic imine (C=N–C) groups is 1. The maximum Gasteiger partial charge on any atom is 0.284 e. The average molecular weight is 267 g/mol. The molecule has 0 fully saturated rings. The van der Waals surface area contributed by atoms with E-state index in [2.05, 4.69) is 20.3 Å². The number of carbonyl (C=O) groups excluding carboxylic acids is 2. The molecule has 0 aliphatic rings. The molecule has 1 aromatic heterocycles. The fourth-order valence-electron chi connectivity index (χ4n) is 1.30. The number of carbonyl (C=O) groups is 2. The molecular weight excluding hydrogens is 250 g/mol. The number of imidazole rings is 1. The van der Waals surface area contributed by atoms with Gasteiger partial charge >= 0.3 is 0 Å². The van der Waals surface area contributed by atoms with E-state index in [0.29, 0.717) is 13.1 Å². The summed E-state index contributed by atoms with van der Waals surface area (Å²) >= 11 is 0. The van der Waals surface area contributed by atoms with E-state index in [9.17, 15) is 9.59 Å². The molecule has 0 aliphatic heterocycles. The predicted octanol–water partition coefficient (Wildman–Crippen LogP) is -1.71. The Balaban J connectivity index is 2.27. The van der Waals surface area contributed by atoms with Crippen molar-refractivity contribution in [2.24, 2.45) is 22.2 Å². The van der Waals surface area contributed by atoms with Crippen LogP contribution in [0, 0.1) is 0 Å². The summed E-state index contributed by atoms with van der Waals surface area (Å²) < 4.78 is 0. The molecule has 1 aromatic rings. The molecule has 0 unspecified atom stereocenters. The second-order valence-corrected chi connectivity index (χ2v) is 3.78. The van der Waals surface area contributed by atoms with Gasteiger partial charge in [-0.15, -0.1) is 0 Å². The second-order valence-electron chi connectivity index (χ2n) is 3.78. The van der Waals surface area contributed by atoms with Crippen molar-refractivity contribution in [1.29, 1.82) is 0 Å². The van der Waals surface area contributed by atoms with Crippen molar-refractivity contribution in [2.45, 2.75) is 12.8 Å². The summed E-state index contributed by atoms with van der Waals surface area (Å²) in [6.45, 7) is 0.998. The van der Waals surface area contributed by atoms with Gasteiger partial charge in [0.15, 0.2) is 11.8 Å². The van der Waals surface area contributed by atoms with E-state index in [1.165, 1.54) is 6.20 Å². The predicted molar refractivity (Wildman–Crippen MR) is 69.3 cm³/mol. The number of nitrogens with one attached hydrogen (secondary N) is 2. The van der Waals surface area contributed by atoms with Crippen LogP contribution in [0.1, 0.15) is 33.9 Å². The largest absolute Gasteiger partial charge is 0.370 e. The number of primary amides is 1. The molecule has 2 amide bonds. The van der Waals surface area contributed by atoms with Crippen LogP contribution in [0.25, 0.3) is 0 Å². The molecule has 9 heteroatoms. The quantitative estimate of drug-likeness (QED) is 0.225. The molecule has 19 heavy (non-hydrogen) atoms. The Kier molecular flexibility index (Phi) is 5.33. The number of amides is 2. The summed E-state index contributed by atoms with van der Waals surface area (Å²) in [7, 11) is 0. The Morgan fingerprint density at radius 3 is 2.63 bits per heavy atom. The van der Waals surface area contributed by atoms with Crippen LogP contribution in [0.2, 0.25) is 0 Å². The minimum absolute atomic E-state index is 0.0436. The summed E-state index contributed by atoms with van der Waals surface area (Å²) in [5, 5.41) is 2.67. The third-order valence-corrected chi connectivity index (χ3v) is 2.22. The molecule has 0 atom stereocenters. The second kappa shape index (κ2) is 6.99. The number of aromatic nitrogens is 2. The van der Waals surface area contributed by atoms with Crippen LogP contribution in [0.5, 0.6) is 0 Å². The van der Waals surface area contributed by atoms with E-state index in [-0.39, 0.29) is 23.4 Å². The molecule has 0 bridgehead atoms. The number of aromatic amines is 1. The fourth-order valence-corrected chi connectivity index (χ4v) is 1.30. The Labute approximate surface area is 109 Å². The molecule has 8 N–H and O–H groups in total. The van der Waals surface area contributed by atoms with Gasteiger partial charge in [-0.1, -0.05) is 0 Å². The SMILES string of the molecule is NC(=O)c1ncc(C(=O)NCCCCN=C(N)N)[nH]1. The monoisotopic (exact) mass is 267 g/mol. The summed E-state index contributed by atoms with van der Waals surface area (Å²) in [6.07, 6.45) is 2.75. The highest BCUT2D eigenvalue weighted by molar-refractivity contribution is 5.95. The van der Waals surface area contributed by atoms with E-state index in [0.717, 1.165) is 12.8 Å². The van der Waals surface area contributed by atoms with Crippen molar-refractivity contribution in [3.05, 3.63) is 17.7 Å².